The third-order valence-corrected chi connectivity index (χ3v) is 6.46. The highest BCUT2D eigenvalue weighted by Gasteiger charge is 2.31. The number of benzene rings is 2. The standard InChI is InChI=1S/C23H21Cl2NO3S2/c1-4-7-26-22(27)20(31-23(26)30)12-16-11-17(24)13-19(25)21(16)29-9-8-28-18-6-5-14(2)15(3)10-18/h4-6,10-13H,1,7-9H2,2-3H3. The van der Waals surface area contributed by atoms with Gasteiger partial charge in [-0.15, -0.1) is 6.58 Å². The van der Waals surface area contributed by atoms with Gasteiger partial charge < -0.3 is 9.47 Å². The Morgan fingerprint density at radius 2 is 1.87 bits per heavy atom. The Bertz CT molecular complexity index is 1070. The second-order valence-corrected chi connectivity index (χ2v) is 9.35. The van der Waals surface area contributed by atoms with E-state index in [-0.39, 0.29) is 12.5 Å². The minimum Gasteiger partial charge on any atom is -0.490 e. The highest BCUT2D eigenvalue weighted by molar-refractivity contribution is 8.26. The number of aryl methyl sites for hydroxylation is 2. The van der Waals surface area contributed by atoms with Crippen LogP contribution in [0.1, 0.15) is 16.7 Å². The Balaban J connectivity index is 1.74. The maximum absolute atomic E-state index is 12.6. The van der Waals surface area contributed by atoms with Crippen LogP contribution in [-0.2, 0) is 4.79 Å². The molecule has 2 aromatic carbocycles. The van der Waals surface area contributed by atoms with Gasteiger partial charge in [0, 0.05) is 17.1 Å². The zero-order valence-corrected chi connectivity index (χ0v) is 20.3. The van der Waals surface area contributed by atoms with Crippen molar-refractivity contribution in [3.8, 4) is 11.5 Å². The fraction of sp³-hybridized carbons (Fsp3) is 0.217. The van der Waals surface area contributed by atoms with Crippen LogP contribution in [0.25, 0.3) is 6.08 Å². The van der Waals surface area contributed by atoms with Crippen LogP contribution >= 0.6 is 47.2 Å². The molecule has 4 nitrogen and oxygen atoms in total. The molecule has 1 aliphatic heterocycles. The SMILES string of the molecule is C=CCN1C(=O)C(=Cc2cc(Cl)cc(Cl)c2OCCOc2ccc(C)c(C)c2)SC1=S. The summed E-state index contributed by atoms with van der Waals surface area (Å²) in [5, 5.41) is 0.794. The molecule has 162 valence electrons. The maximum atomic E-state index is 12.6. The van der Waals surface area contributed by atoms with Crippen LogP contribution in [0, 0.1) is 13.8 Å². The summed E-state index contributed by atoms with van der Waals surface area (Å²) in [7, 11) is 0. The van der Waals surface area contributed by atoms with Gasteiger partial charge in [-0.1, -0.05) is 59.3 Å². The van der Waals surface area contributed by atoms with Crippen molar-refractivity contribution in [2.75, 3.05) is 19.8 Å². The molecule has 0 N–H and O–H groups in total. The number of rotatable bonds is 8. The van der Waals surface area contributed by atoms with Crippen LogP contribution in [0.15, 0.2) is 47.9 Å². The smallest absolute Gasteiger partial charge is 0.266 e. The molecule has 0 radical (unpaired) electrons. The molecular weight excluding hydrogens is 473 g/mol. The molecule has 0 aromatic heterocycles. The number of halogens is 2. The minimum absolute atomic E-state index is 0.185. The quantitative estimate of drug-likeness (QED) is 0.182. The first-order valence-electron chi connectivity index (χ1n) is 9.48. The van der Waals surface area contributed by atoms with Crippen LogP contribution in [0.2, 0.25) is 10.0 Å². The summed E-state index contributed by atoms with van der Waals surface area (Å²) in [5.41, 5.74) is 2.97. The molecule has 31 heavy (non-hydrogen) atoms. The van der Waals surface area contributed by atoms with Crippen molar-refractivity contribution in [2.45, 2.75) is 13.8 Å². The minimum atomic E-state index is -0.185. The van der Waals surface area contributed by atoms with E-state index in [1.807, 2.05) is 25.1 Å². The molecule has 8 heteroatoms. The van der Waals surface area contributed by atoms with Crippen molar-refractivity contribution in [1.82, 2.24) is 4.90 Å². The first kappa shape index (κ1) is 23.7. The van der Waals surface area contributed by atoms with Gasteiger partial charge >= 0.3 is 0 Å². The Hall–Kier alpha value is -1.99. The number of nitrogens with zero attached hydrogens (tertiary/aromatic N) is 1. The predicted octanol–water partition coefficient (Wildman–Crippen LogP) is 6.46. The predicted molar refractivity (Wildman–Crippen MR) is 133 cm³/mol. The molecule has 0 atom stereocenters. The lowest BCUT2D eigenvalue weighted by atomic mass is 10.1. The van der Waals surface area contributed by atoms with Crippen LogP contribution in [0.4, 0.5) is 0 Å². The average molecular weight is 494 g/mol. The fourth-order valence-corrected chi connectivity index (χ4v) is 4.70. The van der Waals surface area contributed by atoms with E-state index < -0.39 is 0 Å². The molecule has 1 amide bonds. The van der Waals surface area contributed by atoms with E-state index in [4.69, 9.17) is 44.9 Å². The first-order chi connectivity index (χ1) is 14.8. The van der Waals surface area contributed by atoms with E-state index in [2.05, 4.69) is 13.5 Å². The normalized spacial score (nSPS) is 15.0. The zero-order chi connectivity index (χ0) is 22.5. The number of thioether (sulfide) groups is 1. The number of carbonyl (C=O) groups excluding carboxylic acids is 1. The van der Waals surface area contributed by atoms with Crippen molar-refractivity contribution in [2.24, 2.45) is 0 Å². The molecule has 1 heterocycles. The molecule has 0 saturated carbocycles. The second-order valence-electron chi connectivity index (χ2n) is 6.83. The lowest BCUT2D eigenvalue weighted by molar-refractivity contribution is -0.121. The number of hydrogen-bond donors (Lipinski definition) is 0. The van der Waals surface area contributed by atoms with Gasteiger partial charge in [0.15, 0.2) is 0 Å². The van der Waals surface area contributed by atoms with Gasteiger partial charge in [-0.2, -0.15) is 0 Å². The Labute approximate surface area is 201 Å². The van der Waals surface area contributed by atoms with E-state index >= 15 is 0 Å². The van der Waals surface area contributed by atoms with E-state index in [0.717, 1.165) is 11.3 Å². The molecule has 1 aliphatic rings. The van der Waals surface area contributed by atoms with Gasteiger partial charge in [-0.3, -0.25) is 9.69 Å². The van der Waals surface area contributed by atoms with Gasteiger partial charge in [-0.05, 0) is 55.3 Å². The Morgan fingerprint density at radius 1 is 1.13 bits per heavy atom. The van der Waals surface area contributed by atoms with Crippen molar-refractivity contribution < 1.29 is 14.3 Å². The molecule has 0 unspecified atom stereocenters. The van der Waals surface area contributed by atoms with E-state index in [9.17, 15) is 4.79 Å². The highest BCUT2D eigenvalue weighted by atomic mass is 35.5. The molecule has 0 bridgehead atoms. The third-order valence-electron chi connectivity index (χ3n) is 4.59. The number of ether oxygens (including phenoxy) is 2. The van der Waals surface area contributed by atoms with Crippen molar-refractivity contribution in [1.29, 1.82) is 0 Å². The van der Waals surface area contributed by atoms with Crippen LogP contribution < -0.4 is 9.47 Å². The lowest BCUT2D eigenvalue weighted by Crippen LogP contribution is -2.27. The van der Waals surface area contributed by atoms with E-state index in [1.165, 1.54) is 22.2 Å². The molecule has 0 spiro atoms. The van der Waals surface area contributed by atoms with E-state index in [1.54, 1.807) is 24.3 Å². The van der Waals surface area contributed by atoms with Gasteiger partial charge in [-0.25, -0.2) is 0 Å². The summed E-state index contributed by atoms with van der Waals surface area (Å²) in [4.78, 5) is 14.6. The average Bonchev–Trinajstić information content (AvgIpc) is 2.97. The molecular formula is C23H21Cl2NO3S2. The Kier molecular flexibility index (Phi) is 8.06. The molecule has 0 aliphatic carbocycles. The largest absolute Gasteiger partial charge is 0.490 e. The van der Waals surface area contributed by atoms with Gasteiger partial charge in [0.2, 0.25) is 0 Å². The third kappa shape index (κ3) is 5.83. The molecule has 3 rings (SSSR count). The summed E-state index contributed by atoms with van der Waals surface area (Å²) in [6.07, 6.45) is 3.33. The zero-order valence-electron chi connectivity index (χ0n) is 17.1. The van der Waals surface area contributed by atoms with Gasteiger partial charge in [0.1, 0.15) is 29.0 Å². The first-order valence-corrected chi connectivity index (χ1v) is 11.5. The monoisotopic (exact) mass is 493 g/mol. The lowest BCUT2D eigenvalue weighted by Gasteiger charge is -2.14. The van der Waals surface area contributed by atoms with Crippen molar-refractivity contribution in [3.05, 3.63) is 74.6 Å². The molecule has 1 fully saturated rings. The fourth-order valence-electron chi connectivity index (χ4n) is 2.87. The molecule has 2 aromatic rings. The maximum Gasteiger partial charge on any atom is 0.266 e. The highest BCUT2D eigenvalue weighted by Crippen LogP contribution is 2.38. The summed E-state index contributed by atoms with van der Waals surface area (Å²) < 4.78 is 12.2. The molecule has 1 saturated heterocycles. The number of amides is 1. The van der Waals surface area contributed by atoms with Crippen LogP contribution in [-0.4, -0.2) is 34.9 Å². The van der Waals surface area contributed by atoms with Gasteiger partial charge in [0.25, 0.3) is 5.91 Å². The topological polar surface area (TPSA) is 38.8 Å². The Morgan fingerprint density at radius 3 is 2.58 bits per heavy atom. The summed E-state index contributed by atoms with van der Waals surface area (Å²) in [6.45, 7) is 8.72. The van der Waals surface area contributed by atoms with Crippen molar-refractivity contribution in [3.63, 3.8) is 0 Å². The number of carbonyl (C=O) groups is 1. The number of thiocarbonyl (C=S) groups is 1. The summed E-state index contributed by atoms with van der Waals surface area (Å²) in [6, 6.07) is 9.23. The van der Waals surface area contributed by atoms with Gasteiger partial charge in [0.05, 0.1) is 9.93 Å². The van der Waals surface area contributed by atoms with Crippen LogP contribution in [0.5, 0.6) is 11.5 Å². The summed E-state index contributed by atoms with van der Waals surface area (Å²) >= 11 is 19.1. The van der Waals surface area contributed by atoms with Crippen LogP contribution in [0.3, 0.4) is 0 Å². The van der Waals surface area contributed by atoms with E-state index in [0.29, 0.717) is 43.7 Å². The van der Waals surface area contributed by atoms with Crippen molar-refractivity contribution >= 4 is 63.5 Å². The summed E-state index contributed by atoms with van der Waals surface area (Å²) in [5.74, 6) is 1.03. The second kappa shape index (κ2) is 10.6. The number of hydrogen-bond acceptors (Lipinski definition) is 5.